The van der Waals surface area contributed by atoms with Gasteiger partial charge in [-0.3, -0.25) is 14.6 Å². The number of nitrogens with zero attached hydrogens (tertiary/aromatic N) is 2. The summed E-state index contributed by atoms with van der Waals surface area (Å²) in [6.45, 7) is 2.74. The lowest BCUT2D eigenvalue weighted by molar-refractivity contribution is -0.137. The highest BCUT2D eigenvalue weighted by Gasteiger charge is 2.15. The quantitative estimate of drug-likeness (QED) is 0.766. The molecule has 0 spiro atoms. The topological polar surface area (TPSA) is 96.5 Å². The van der Waals surface area contributed by atoms with Crippen LogP contribution in [-0.2, 0) is 11.3 Å². The first kappa shape index (κ1) is 14.1. The standard InChI is InChI=1S/C12H17N3O3/c1-2-15(6-4-11(16)17)12(18)9-3-5-14-10(7-9)8-13/h3,5,7H,2,4,6,8,13H2,1H3,(H,16,17). The molecule has 6 heteroatoms. The van der Waals surface area contributed by atoms with Crippen molar-refractivity contribution in [3.05, 3.63) is 29.6 Å². The van der Waals surface area contributed by atoms with Crippen molar-refractivity contribution in [3.8, 4) is 0 Å². The van der Waals surface area contributed by atoms with Crippen molar-refractivity contribution in [2.45, 2.75) is 19.9 Å². The van der Waals surface area contributed by atoms with E-state index in [1.165, 1.54) is 11.1 Å². The fourth-order valence-corrected chi connectivity index (χ4v) is 1.54. The summed E-state index contributed by atoms with van der Waals surface area (Å²) in [6.07, 6.45) is 1.47. The van der Waals surface area contributed by atoms with E-state index in [1.807, 2.05) is 6.92 Å². The fourth-order valence-electron chi connectivity index (χ4n) is 1.54. The highest BCUT2D eigenvalue weighted by Crippen LogP contribution is 2.07. The van der Waals surface area contributed by atoms with Crippen molar-refractivity contribution in [1.29, 1.82) is 0 Å². The van der Waals surface area contributed by atoms with Gasteiger partial charge in [0, 0.05) is 31.4 Å². The summed E-state index contributed by atoms with van der Waals surface area (Å²) in [4.78, 5) is 28.1. The predicted octanol–water partition coefficient (Wildman–Crippen LogP) is 0.477. The molecule has 1 aromatic rings. The average molecular weight is 251 g/mol. The minimum absolute atomic E-state index is 0.0611. The van der Waals surface area contributed by atoms with Crippen molar-refractivity contribution in [3.63, 3.8) is 0 Å². The number of rotatable bonds is 6. The van der Waals surface area contributed by atoms with Gasteiger partial charge in [0.2, 0.25) is 0 Å². The van der Waals surface area contributed by atoms with Crippen molar-refractivity contribution < 1.29 is 14.7 Å². The zero-order valence-electron chi connectivity index (χ0n) is 10.3. The van der Waals surface area contributed by atoms with Gasteiger partial charge in [-0.05, 0) is 19.1 Å². The van der Waals surface area contributed by atoms with Crippen LogP contribution in [0.15, 0.2) is 18.3 Å². The third kappa shape index (κ3) is 3.81. The molecule has 98 valence electrons. The molecule has 0 bridgehead atoms. The molecular formula is C12H17N3O3. The van der Waals surface area contributed by atoms with Crippen LogP contribution < -0.4 is 5.73 Å². The van der Waals surface area contributed by atoms with E-state index in [2.05, 4.69) is 4.98 Å². The van der Waals surface area contributed by atoms with E-state index < -0.39 is 5.97 Å². The van der Waals surface area contributed by atoms with E-state index in [9.17, 15) is 9.59 Å². The van der Waals surface area contributed by atoms with Crippen LogP contribution >= 0.6 is 0 Å². The molecule has 18 heavy (non-hydrogen) atoms. The Hall–Kier alpha value is -1.95. The van der Waals surface area contributed by atoms with Crippen LogP contribution in [0.25, 0.3) is 0 Å². The Morgan fingerprint density at radius 1 is 1.50 bits per heavy atom. The molecule has 1 aromatic heterocycles. The van der Waals surface area contributed by atoms with Crippen LogP contribution in [0.2, 0.25) is 0 Å². The Labute approximate surface area is 105 Å². The number of hydrogen-bond acceptors (Lipinski definition) is 4. The number of pyridine rings is 1. The van der Waals surface area contributed by atoms with Crippen molar-refractivity contribution in [2.24, 2.45) is 5.73 Å². The number of amides is 1. The van der Waals surface area contributed by atoms with Crippen LogP contribution in [0.1, 0.15) is 29.4 Å². The number of carboxylic acid groups (broad SMARTS) is 1. The SMILES string of the molecule is CCN(CCC(=O)O)C(=O)c1ccnc(CN)c1. The lowest BCUT2D eigenvalue weighted by Gasteiger charge is -2.20. The summed E-state index contributed by atoms with van der Waals surface area (Å²) in [5.74, 6) is -1.12. The molecule has 0 aromatic carbocycles. The van der Waals surface area contributed by atoms with Gasteiger partial charge in [0.05, 0.1) is 12.1 Å². The molecule has 0 saturated carbocycles. The number of carbonyl (C=O) groups excluding carboxylic acids is 1. The van der Waals surface area contributed by atoms with Gasteiger partial charge >= 0.3 is 5.97 Å². The Kier molecular flexibility index (Phi) is 5.26. The fraction of sp³-hybridized carbons (Fsp3) is 0.417. The minimum atomic E-state index is -0.918. The maximum absolute atomic E-state index is 12.1. The Bertz CT molecular complexity index is 434. The summed E-state index contributed by atoms with van der Waals surface area (Å²) < 4.78 is 0. The number of hydrogen-bond donors (Lipinski definition) is 2. The van der Waals surface area contributed by atoms with E-state index >= 15 is 0 Å². The van der Waals surface area contributed by atoms with Crippen molar-refractivity contribution >= 4 is 11.9 Å². The van der Waals surface area contributed by atoms with Gasteiger partial charge in [0.25, 0.3) is 5.91 Å². The highest BCUT2D eigenvalue weighted by atomic mass is 16.4. The second-order valence-corrected chi connectivity index (χ2v) is 3.77. The van der Waals surface area contributed by atoms with Gasteiger partial charge in [-0.15, -0.1) is 0 Å². The lowest BCUT2D eigenvalue weighted by atomic mass is 10.2. The van der Waals surface area contributed by atoms with Crippen LogP contribution in [0, 0.1) is 0 Å². The monoisotopic (exact) mass is 251 g/mol. The lowest BCUT2D eigenvalue weighted by Crippen LogP contribution is -2.33. The molecule has 0 aliphatic rings. The number of carboxylic acids is 1. The molecule has 1 heterocycles. The molecule has 0 atom stereocenters. The molecule has 6 nitrogen and oxygen atoms in total. The average Bonchev–Trinajstić information content (AvgIpc) is 2.39. The number of aliphatic carboxylic acids is 1. The summed E-state index contributed by atoms with van der Waals surface area (Å²) in [7, 11) is 0. The van der Waals surface area contributed by atoms with Crippen LogP contribution in [0.4, 0.5) is 0 Å². The molecule has 3 N–H and O–H groups in total. The summed E-state index contributed by atoms with van der Waals surface area (Å²) in [5, 5.41) is 8.63. The first-order chi connectivity index (χ1) is 8.58. The van der Waals surface area contributed by atoms with E-state index in [-0.39, 0.29) is 25.4 Å². The zero-order chi connectivity index (χ0) is 13.5. The first-order valence-electron chi connectivity index (χ1n) is 5.74. The van der Waals surface area contributed by atoms with Crippen LogP contribution in [0.5, 0.6) is 0 Å². The van der Waals surface area contributed by atoms with E-state index in [4.69, 9.17) is 10.8 Å². The zero-order valence-corrected chi connectivity index (χ0v) is 10.3. The van der Waals surface area contributed by atoms with E-state index in [1.54, 1.807) is 12.1 Å². The molecular weight excluding hydrogens is 234 g/mol. The molecule has 0 unspecified atom stereocenters. The normalized spacial score (nSPS) is 10.1. The molecule has 0 fully saturated rings. The summed E-state index contributed by atoms with van der Waals surface area (Å²) in [6, 6.07) is 3.23. The molecule has 0 saturated heterocycles. The van der Waals surface area contributed by atoms with Gasteiger partial charge < -0.3 is 15.7 Å². The largest absolute Gasteiger partial charge is 0.481 e. The maximum atomic E-state index is 12.1. The second kappa shape index (κ2) is 6.70. The molecule has 0 radical (unpaired) electrons. The summed E-state index contributed by atoms with van der Waals surface area (Å²) in [5.41, 5.74) is 6.58. The van der Waals surface area contributed by atoms with E-state index in [0.717, 1.165) is 0 Å². The predicted molar refractivity (Wildman–Crippen MR) is 66.0 cm³/mol. The molecule has 1 amide bonds. The first-order valence-corrected chi connectivity index (χ1v) is 5.74. The van der Waals surface area contributed by atoms with Crippen LogP contribution in [-0.4, -0.2) is 40.0 Å². The third-order valence-corrected chi connectivity index (χ3v) is 2.54. The van der Waals surface area contributed by atoms with E-state index in [0.29, 0.717) is 17.8 Å². The third-order valence-electron chi connectivity index (χ3n) is 2.54. The number of aromatic nitrogens is 1. The van der Waals surface area contributed by atoms with Gasteiger partial charge in [-0.25, -0.2) is 0 Å². The second-order valence-electron chi connectivity index (χ2n) is 3.77. The van der Waals surface area contributed by atoms with Gasteiger partial charge in [-0.2, -0.15) is 0 Å². The van der Waals surface area contributed by atoms with Crippen LogP contribution in [0.3, 0.4) is 0 Å². The Morgan fingerprint density at radius 2 is 2.22 bits per heavy atom. The minimum Gasteiger partial charge on any atom is -0.481 e. The Balaban J connectivity index is 2.79. The Morgan fingerprint density at radius 3 is 2.78 bits per heavy atom. The number of carbonyl (C=O) groups is 2. The maximum Gasteiger partial charge on any atom is 0.305 e. The highest BCUT2D eigenvalue weighted by molar-refractivity contribution is 5.94. The van der Waals surface area contributed by atoms with Gasteiger partial charge in [-0.1, -0.05) is 0 Å². The van der Waals surface area contributed by atoms with Crippen molar-refractivity contribution in [2.75, 3.05) is 13.1 Å². The molecule has 0 aliphatic carbocycles. The molecule has 0 aliphatic heterocycles. The van der Waals surface area contributed by atoms with Crippen molar-refractivity contribution in [1.82, 2.24) is 9.88 Å². The van der Waals surface area contributed by atoms with Gasteiger partial charge in [0.1, 0.15) is 0 Å². The smallest absolute Gasteiger partial charge is 0.305 e. The summed E-state index contributed by atoms with van der Waals surface area (Å²) >= 11 is 0. The van der Waals surface area contributed by atoms with Gasteiger partial charge in [0.15, 0.2) is 0 Å². The number of nitrogens with two attached hydrogens (primary N) is 1. The molecule has 1 rings (SSSR count).